The third-order valence-electron chi connectivity index (χ3n) is 5.70. The molecule has 0 saturated carbocycles. The highest BCUT2D eigenvalue weighted by Gasteiger charge is 2.48. The smallest absolute Gasteiger partial charge is 0.300 e. The zero-order valence-corrected chi connectivity index (χ0v) is 19.7. The molecule has 1 aliphatic rings. The standard InChI is InChI=1S/C26H20ClF2NO5/c1-13-5-4-6-14(9-13)23-22(24(31)16-11-17(27)21(35-3)12-20(16)34-2)25(32)26(33)30(23)19-10-15(28)7-8-18(19)29/h4-12,23,31H,1-3H3/b24-22+. The summed E-state index contributed by atoms with van der Waals surface area (Å²) in [7, 11) is 2.75. The van der Waals surface area contributed by atoms with Crippen molar-refractivity contribution in [2.45, 2.75) is 13.0 Å². The number of aliphatic hydroxyl groups is 1. The number of Topliss-reactive ketones (excluding diaryl/α,β-unsaturated/α-hetero) is 1. The Morgan fingerprint density at radius 3 is 2.37 bits per heavy atom. The van der Waals surface area contributed by atoms with Crippen molar-refractivity contribution in [1.29, 1.82) is 0 Å². The number of carbonyl (C=O) groups excluding carboxylic acids is 2. The van der Waals surface area contributed by atoms with Gasteiger partial charge in [-0.2, -0.15) is 0 Å². The largest absolute Gasteiger partial charge is 0.507 e. The highest BCUT2D eigenvalue weighted by atomic mass is 35.5. The summed E-state index contributed by atoms with van der Waals surface area (Å²) in [5.41, 5.74) is 0.459. The SMILES string of the molecule is COc1cc(OC)c(/C(O)=C2\C(=O)C(=O)N(c3cc(F)ccc3F)C2c2cccc(C)c2)cc1Cl. The second-order valence-electron chi connectivity index (χ2n) is 7.87. The molecule has 3 aromatic carbocycles. The van der Waals surface area contributed by atoms with E-state index in [1.54, 1.807) is 31.2 Å². The monoisotopic (exact) mass is 499 g/mol. The number of carbonyl (C=O) groups is 2. The van der Waals surface area contributed by atoms with E-state index in [2.05, 4.69) is 0 Å². The molecule has 1 atom stereocenters. The summed E-state index contributed by atoms with van der Waals surface area (Å²) >= 11 is 6.24. The number of rotatable bonds is 5. The molecule has 6 nitrogen and oxygen atoms in total. The van der Waals surface area contributed by atoms with Crippen LogP contribution in [-0.4, -0.2) is 31.0 Å². The maximum absolute atomic E-state index is 14.8. The molecule has 1 amide bonds. The summed E-state index contributed by atoms with van der Waals surface area (Å²) in [6.45, 7) is 1.80. The number of ether oxygens (including phenoxy) is 2. The number of hydrogen-bond donors (Lipinski definition) is 1. The number of halogens is 3. The molecule has 3 aromatic rings. The molecule has 1 heterocycles. The van der Waals surface area contributed by atoms with Crippen LogP contribution in [0.3, 0.4) is 0 Å². The number of anilines is 1. The van der Waals surface area contributed by atoms with Gasteiger partial charge in [-0.05, 0) is 30.7 Å². The van der Waals surface area contributed by atoms with Gasteiger partial charge in [-0.1, -0.05) is 41.4 Å². The number of amides is 1. The summed E-state index contributed by atoms with van der Waals surface area (Å²) < 4.78 is 39.4. The first-order valence-electron chi connectivity index (χ1n) is 10.4. The number of aryl methyl sites for hydroxylation is 1. The molecule has 9 heteroatoms. The molecule has 0 aliphatic carbocycles. The normalized spacial score (nSPS) is 17.1. The fourth-order valence-corrected chi connectivity index (χ4v) is 4.34. The quantitative estimate of drug-likeness (QED) is 0.282. The molecule has 1 aliphatic heterocycles. The Hall–Kier alpha value is -3.91. The van der Waals surface area contributed by atoms with E-state index in [1.807, 2.05) is 0 Å². The van der Waals surface area contributed by atoms with E-state index >= 15 is 0 Å². The van der Waals surface area contributed by atoms with Crippen molar-refractivity contribution >= 4 is 34.7 Å². The first-order valence-corrected chi connectivity index (χ1v) is 10.8. The third kappa shape index (κ3) is 4.21. The third-order valence-corrected chi connectivity index (χ3v) is 5.99. The maximum atomic E-state index is 14.8. The minimum atomic E-state index is -1.25. The van der Waals surface area contributed by atoms with Crippen molar-refractivity contribution < 1.29 is 33.0 Å². The summed E-state index contributed by atoms with van der Waals surface area (Å²) in [6.07, 6.45) is 0. The minimum Gasteiger partial charge on any atom is -0.507 e. The first-order chi connectivity index (χ1) is 16.7. The van der Waals surface area contributed by atoms with Crippen LogP contribution in [0.1, 0.15) is 22.7 Å². The minimum absolute atomic E-state index is 0.0219. The van der Waals surface area contributed by atoms with Crippen LogP contribution in [0.4, 0.5) is 14.5 Å². The lowest BCUT2D eigenvalue weighted by Crippen LogP contribution is -2.30. The van der Waals surface area contributed by atoms with Gasteiger partial charge in [-0.15, -0.1) is 0 Å². The Kier molecular flexibility index (Phi) is 6.49. The van der Waals surface area contributed by atoms with Crippen molar-refractivity contribution in [2.24, 2.45) is 0 Å². The lowest BCUT2D eigenvalue weighted by Gasteiger charge is -2.26. The van der Waals surface area contributed by atoms with Crippen LogP contribution < -0.4 is 14.4 Å². The first kappa shape index (κ1) is 24.2. The number of nitrogens with zero attached hydrogens (tertiary/aromatic N) is 1. The Labute approximate surface area is 205 Å². The van der Waals surface area contributed by atoms with Crippen LogP contribution >= 0.6 is 11.6 Å². The molecule has 35 heavy (non-hydrogen) atoms. The zero-order chi connectivity index (χ0) is 25.4. The second kappa shape index (κ2) is 9.38. The zero-order valence-electron chi connectivity index (χ0n) is 18.9. The Bertz CT molecular complexity index is 1390. The molecule has 1 fully saturated rings. The van der Waals surface area contributed by atoms with Gasteiger partial charge in [0.1, 0.15) is 28.9 Å². The average Bonchev–Trinajstić information content (AvgIpc) is 3.10. The fourth-order valence-electron chi connectivity index (χ4n) is 4.10. The van der Waals surface area contributed by atoms with Crippen molar-refractivity contribution in [1.82, 2.24) is 0 Å². The van der Waals surface area contributed by atoms with Crippen LogP contribution in [0.25, 0.3) is 5.76 Å². The van der Waals surface area contributed by atoms with Gasteiger partial charge in [0.25, 0.3) is 11.7 Å². The molecule has 0 aromatic heterocycles. The topological polar surface area (TPSA) is 76.1 Å². The van der Waals surface area contributed by atoms with Gasteiger partial charge in [0.2, 0.25) is 0 Å². The van der Waals surface area contributed by atoms with E-state index in [0.717, 1.165) is 28.7 Å². The summed E-state index contributed by atoms with van der Waals surface area (Å²) in [4.78, 5) is 27.3. The average molecular weight is 500 g/mol. The molecule has 1 saturated heterocycles. The fraction of sp³-hybridized carbons (Fsp3) is 0.154. The van der Waals surface area contributed by atoms with Crippen LogP contribution in [0, 0.1) is 18.6 Å². The van der Waals surface area contributed by atoms with Gasteiger partial charge in [-0.25, -0.2) is 8.78 Å². The van der Waals surface area contributed by atoms with Crippen molar-refractivity contribution in [3.63, 3.8) is 0 Å². The Balaban J connectivity index is 2.03. The van der Waals surface area contributed by atoms with E-state index in [-0.39, 0.29) is 27.7 Å². The second-order valence-corrected chi connectivity index (χ2v) is 8.27. The van der Waals surface area contributed by atoms with Gasteiger partial charge in [-0.3, -0.25) is 14.5 Å². The van der Waals surface area contributed by atoms with Crippen LogP contribution in [-0.2, 0) is 9.59 Å². The van der Waals surface area contributed by atoms with Crippen molar-refractivity contribution in [3.05, 3.63) is 93.5 Å². The molecular weight excluding hydrogens is 480 g/mol. The molecular formula is C26H20ClF2NO5. The van der Waals surface area contributed by atoms with E-state index in [9.17, 15) is 23.5 Å². The van der Waals surface area contributed by atoms with Crippen LogP contribution in [0.5, 0.6) is 11.5 Å². The van der Waals surface area contributed by atoms with Crippen molar-refractivity contribution in [2.75, 3.05) is 19.1 Å². The predicted molar refractivity (Wildman–Crippen MR) is 127 cm³/mol. The Morgan fingerprint density at radius 2 is 1.71 bits per heavy atom. The molecule has 0 spiro atoms. The lowest BCUT2D eigenvalue weighted by atomic mass is 9.94. The molecule has 1 unspecified atom stereocenters. The number of methoxy groups -OCH3 is 2. The van der Waals surface area contributed by atoms with Gasteiger partial charge in [0.05, 0.1) is 42.1 Å². The van der Waals surface area contributed by atoms with E-state index in [0.29, 0.717) is 5.56 Å². The lowest BCUT2D eigenvalue weighted by molar-refractivity contribution is -0.132. The van der Waals surface area contributed by atoms with Gasteiger partial charge in [0.15, 0.2) is 0 Å². The van der Waals surface area contributed by atoms with Gasteiger partial charge in [0, 0.05) is 12.1 Å². The van der Waals surface area contributed by atoms with Crippen LogP contribution in [0.2, 0.25) is 5.02 Å². The highest BCUT2D eigenvalue weighted by molar-refractivity contribution is 6.51. The number of hydrogen-bond acceptors (Lipinski definition) is 5. The maximum Gasteiger partial charge on any atom is 0.300 e. The van der Waals surface area contributed by atoms with Crippen LogP contribution in [0.15, 0.2) is 60.2 Å². The number of ketones is 1. The molecule has 1 N–H and O–H groups in total. The summed E-state index contributed by atoms with van der Waals surface area (Å²) in [5, 5.41) is 11.4. The summed E-state index contributed by atoms with van der Waals surface area (Å²) in [6, 6.07) is 10.9. The molecule has 180 valence electrons. The van der Waals surface area contributed by atoms with E-state index < -0.39 is 40.8 Å². The number of aliphatic hydroxyl groups excluding tert-OH is 1. The van der Waals surface area contributed by atoms with Gasteiger partial charge >= 0.3 is 0 Å². The number of benzene rings is 3. The van der Waals surface area contributed by atoms with E-state index in [1.165, 1.54) is 26.4 Å². The summed E-state index contributed by atoms with van der Waals surface area (Å²) in [5.74, 6) is -4.11. The predicted octanol–water partition coefficient (Wildman–Crippen LogP) is 5.57. The molecule has 0 bridgehead atoms. The highest BCUT2D eigenvalue weighted by Crippen LogP contribution is 2.45. The van der Waals surface area contributed by atoms with Crippen molar-refractivity contribution in [3.8, 4) is 11.5 Å². The molecule has 0 radical (unpaired) electrons. The molecule has 4 rings (SSSR count). The van der Waals surface area contributed by atoms with Gasteiger partial charge < -0.3 is 14.6 Å². The Morgan fingerprint density at radius 1 is 1.00 bits per heavy atom. The van der Waals surface area contributed by atoms with E-state index in [4.69, 9.17) is 21.1 Å².